The number of benzene rings is 1. The van der Waals surface area contributed by atoms with Gasteiger partial charge in [-0.05, 0) is 13.0 Å². The highest BCUT2D eigenvalue weighted by molar-refractivity contribution is 7.12. The maximum atomic E-state index is 12.0. The van der Waals surface area contributed by atoms with Crippen LogP contribution >= 0.6 is 11.3 Å². The minimum absolute atomic E-state index is 0.0376. The molecule has 2 aromatic rings. The first-order valence-corrected chi connectivity index (χ1v) is 5.74. The van der Waals surface area contributed by atoms with E-state index in [0.29, 0.717) is 16.0 Å². The van der Waals surface area contributed by atoms with Crippen LogP contribution in [0.2, 0.25) is 0 Å². The number of aryl methyl sites for hydroxylation is 1. The van der Waals surface area contributed by atoms with E-state index in [0.717, 1.165) is 11.8 Å². The van der Waals surface area contributed by atoms with Crippen molar-refractivity contribution < 1.29 is 9.59 Å². The van der Waals surface area contributed by atoms with Gasteiger partial charge in [0.15, 0.2) is 12.1 Å². The Kier molecular flexibility index (Phi) is 2.97. The van der Waals surface area contributed by atoms with Gasteiger partial charge in [0.05, 0.1) is 4.88 Å². The van der Waals surface area contributed by atoms with Gasteiger partial charge in [-0.3, -0.25) is 9.59 Å². The quantitative estimate of drug-likeness (QED) is 0.599. The lowest BCUT2D eigenvalue weighted by Crippen LogP contribution is -1.99. The van der Waals surface area contributed by atoms with Crippen LogP contribution < -0.4 is 0 Å². The predicted molar refractivity (Wildman–Crippen MR) is 64.3 cm³/mol. The summed E-state index contributed by atoms with van der Waals surface area (Å²) in [6, 6.07) is 9.03. The van der Waals surface area contributed by atoms with Crippen molar-refractivity contribution in [3.8, 4) is 0 Å². The number of carbonyl (C=O) groups excluding carboxylic acids is 2. The molecule has 0 unspecified atom stereocenters. The summed E-state index contributed by atoms with van der Waals surface area (Å²) in [6.07, 6.45) is 0.761. The maximum Gasteiger partial charge on any atom is 0.193 e. The van der Waals surface area contributed by atoms with Crippen LogP contribution in [-0.4, -0.2) is 12.1 Å². The second-order valence-electron chi connectivity index (χ2n) is 3.55. The molecule has 0 amide bonds. The molecule has 0 bridgehead atoms. The largest absolute Gasteiger partial charge is 0.297 e. The highest BCUT2D eigenvalue weighted by Crippen LogP contribution is 2.17. The average Bonchev–Trinajstić information content (AvgIpc) is 2.77. The van der Waals surface area contributed by atoms with Crippen molar-refractivity contribution in [1.82, 2.24) is 0 Å². The van der Waals surface area contributed by atoms with Crippen LogP contribution in [0.25, 0.3) is 0 Å². The first-order valence-electron chi connectivity index (χ1n) is 4.86. The molecule has 0 fully saturated rings. The van der Waals surface area contributed by atoms with E-state index in [2.05, 4.69) is 0 Å². The third-order valence-electron chi connectivity index (χ3n) is 2.31. The molecule has 2 rings (SSSR count). The normalized spacial score (nSPS) is 10.1. The number of thiophene rings is 1. The topological polar surface area (TPSA) is 34.1 Å². The second-order valence-corrected chi connectivity index (χ2v) is 4.49. The van der Waals surface area contributed by atoms with Crippen LogP contribution in [0.5, 0.6) is 0 Å². The molecule has 0 radical (unpaired) electrons. The highest BCUT2D eigenvalue weighted by atomic mass is 32.1. The zero-order valence-corrected chi connectivity index (χ0v) is 9.58. The van der Waals surface area contributed by atoms with E-state index in [9.17, 15) is 9.59 Å². The lowest BCUT2D eigenvalue weighted by Gasteiger charge is -1.98. The first kappa shape index (κ1) is 10.8. The van der Waals surface area contributed by atoms with E-state index in [-0.39, 0.29) is 5.78 Å². The molecule has 1 heterocycles. The van der Waals surface area contributed by atoms with Gasteiger partial charge in [0, 0.05) is 16.5 Å². The molecule has 0 N–H and O–H groups in total. The second kappa shape index (κ2) is 4.41. The van der Waals surface area contributed by atoms with E-state index in [1.807, 2.05) is 19.1 Å². The van der Waals surface area contributed by atoms with E-state index in [4.69, 9.17) is 0 Å². The van der Waals surface area contributed by atoms with E-state index < -0.39 is 0 Å². The fourth-order valence-corrected chi connectivity index (χ4v) is 2.09. The standard InChI is InChI=1S/C13H10O2S/c1-9-2-4-10(5-3-9)13(15)11-6-12(7-14)16-8-11/h2-8H,1H3. The summed E-state index contributed by atoms with van der Waals surface area (Å²) in [5.74, 6) is -0.0376. The first-order chi connectivity index (χ1) is 7.70. The highest BCUT2D eigenvalue weighted by Gasteiger charge is 2.10. The smallest absolute Gasteiger partial charge is 0.193 e. The van der Waals surface area contributed by atoms with E-state index in [1.54, 1.807) is 23.6 Å². The average molecular weight is 230 g/mol. The SMILES string of the molecule is Cc1ccc(C(=O)c2csc(C=O)c2)cc1. The van der Waals surface area contributed by atoms with Gasteiger partial charge in [-0.25, -0.2) is 0 Å². The van der Waals surface area contributed by atoms with Crippen LogP contribution in [0.3, 0.4) is 0 Å². The molecule has 0 saturated carbocycles. The molecular formula is C13H10O2S. The van der Waals surface area contributed by atoms with Crippen LogP contribution in [-0.2, 0) is 0 Å². The van der Waals surface area contributed by atoms with Crippen LogP contribution in [0, 0.1) is 6.92 Å². The molecule has 16 heavy (non-hydrogen) atoms. The third kappa shape index (κ3) is 2.09. The molecule has 0 aliphatic carbocycles. The molecule has 0 aliphatic heterocycles. The molecule has 3 heteroatoms. The summed E-state index contributed by atoms with van der Waals surface area (Å²) in [4.78, 5) is 23.1. The summed E-state index contributed by atoms with van der Waals surface area (Å²) >= 11 is 1.29. The molecule has 1 aromatic carbocycles. The molecule has 80 valence electrons. The maximum absolute atomic E-state index is 12.0. The number of hydrogen-bond acceptors (Lipinski definition) is 3. The minimum atomic E-state index is -0.0376. The molecular weight excluding hydrogens is 220 g/mol. The Morgan fingerprint density at radius 1 is 1.19 bits per heavy atom. The molecule has 2 nitrogen and oxygen atoms in total. The Bertz CT molecular complexity index is 523. The van der Waals surface area contributed by atoms with Crippen molar-refractivity contribution in [2.75, 3.05) is 0 Å². The summed E-state index contributed by atoms with van der Waals surface area (Å²) in [5.41, 5.74) is 2.35. The monoisotopic (exact) mass is 230 g/mol. The molecule has 0 aliphatic rings. The van der Waals surface area contributed by atoms with Gasteiger partial charge in [-0.2, -0.15) is 0 Å². The number of carbonyl (C=O) groups is 2. The molecule has 0 spiro atoms. The molecule has 0 atom stereocenters. The lowest BCUT2D eigenvalue weighted by molar-refractivity contribution is 0.103. The van der Waals surface area contributed by atoms with Gasteiger partial charge in [-0.1, -0.05) is 29.8 Å². The fourth-order valence-electron chi connectivity index (χ4n) is 1.41. The number of rotatable bonds is 3. The molecule has 0 saturated heterocycles. The zero-order valence-electron chi connectivity index (χ0n) is 8.77. The third-order valence-corrected chi connectivity index (χ3v) is 3.17. The molecule has 1 aromatic heterocycles. The van der Waals surface area contributed by atoms with E-state index in [1.165, 1.54) is 11.3 Å². The van der Waals surface area contributed by atoms with Crippen LogP contribution in [0.1, 0.15) is 31.2 Å². The Hall–Kier alpha value is -1.74. The van der Waals surface area contributed by atoms with Crippen molar-refractivity contribution in [2.24, 2.45) is 0 Å². The van der Waals surface area contributed by atoms with Crippen molar-refractivity contribution >= 4 is 23.4 Å². The lowest BCUT2D eigenvalue weighted by atomic mass is 10.0. The summed E-state index contributed by atoms with van der Waals surface area (Å²) in [6.45, 7) is 1.98. The Morgan fingerprint density at radius 2 is 1.88 bits per heavy atom. The van der Waals surface area contributed by atoms with Crippen molar-refractivity contribution in [3.05, 3.63) is 57.3 Å². The number of ketones is 1. The van der Waals surface area contributed by atoms with Gasteiger partial charge in [-0.15, -0.1) is 11.3 Å². The van der Waals surface area contributed by atoms with Gasteiger partial charge in [0.25, 0.3) is 0 Å². The van der Waals surface area contributed by atoms with Crippen molar-refractivity contribution in [2.45, 2.75) is 6.92 Å². The van der Waals surface area contributed by atoms with Crippen molar-refractivity contribution in [3.63, 3.8) is 0 Å². The van der Waals surface area contributed by atoms with Crippen LogP contribution in [0.15, 0.2) is 35.7 Å². The Balaban J connectivity index is 2.31. The van der Waals surface area contributed by atoms with Gasteiger partial charge in [0.1, 0.15) is 0 Å². The van der Waals surface area contributed by atoms with Crippen molar-refractivity contribution in [1.29, 1.82) is 0 Å². The number of hydrogen-bond donors (Lipinski definition) is 0. The zero-order chi connectivity index (χ0) is 11.5. The van der Waals surface area contributed by atoms with Gasteiger partial charge in [0.2, 0.25) is 0 Å². The summed E-state index contributed by atoms with van der Waals surface area (Å²) in [7, 11) is 0. The van der Waals surface area contributed by atoms with Crippen LogP contribution in [0.4, 0.5) is 0 Å². The Labute approximate surface area is 97.5 Å². The fraction of sp³-hybridized carbons (Fsp3) is 0.0769. The predicted octanol–water partition coefficient (Wildman–Crippen LogP) is 3.10. The van der Waals surface area contributed by atoms with Gasteiger partial charge >= 0.3 is 0 Å². The van der Waals surface area contributed by atoms with E-state index >= 15 is 0 Å². The minimum Gasteiger partial charge on any atom is -0.297 e. The Morgan fingerprint density at radius 3 is 2.44 bits per heavy atom. The van der Waals surface area contributed by atoms with Gasteiger partial charge < -0.3 is 0 Å². The summed E-state index contributed by atoms with van der Waals surface area (Å²) < 4.78 is 0. The number of aldehydes is 1. The summed E-state index contributed by atoms with van der Waals surface area (Å²) in [5, 5.41) is 1.71.